The monoisotopic (exact) mass is 316 g/mol. The lowest BCUT2D eigenvalue weighted by atomic mass is 10.2. The molecule has 0 saturated carbocycles. The third kappa shape index (κ3) is 2.12. The van der Waals surface area contributed by atoms with Gasteiger partial charge in [-0.1, -0.05) is 11.6 Å². The van der Waals surface area contributed by atoms with Gasteiger partial charge in [0.25, 0.3) is 0 Å². The van der Waals surface area contributed by atoms with Gasteiger partial charge < -0.3 is 10.1 Å². The number of hydrogen-bond acceptors (Lipinski definition) is 4. The zero-order valence-electron chi connectivity index (χ0n) is 8.86. The lowest BCUT2D eigenvalue weighted by molar-refractivity contribution is 0.195. The molecule has 0 radical (unpaired) electrons. The second-order valence-corrected chi connectivity index (χ2v) is 5.12. The van der Waals surface area contributed by atoms with E-state index in [0.717, 1.165) is 23.3 Å². The molecule has 0 bridgehead atoms. The molecule has 1 aliphatic heterocycles. The Kier molecular flexibility index (Phi) is 2.94. The molecule has 17 heavy (non-hydrogen) atoms. The molecule has 0 amide bonds. The molecule has 2 aromatic rings. The number of aromatic nitrogens is 3. The maximum Gasteiger partial charge on any atom is 0.166 e. The van der Waals surface area contributed by atoms with E-state index in [1.54, 1.807) is 16.8 Å². The quantitative estimate of drug-likeness (QED) is 0.924. The van der Waals surface area contributed by atoms with Crippen LogP contribution in [0.15, 0.2) is 16.9 Å². The molecule has 1 aliphatic rings. The van der Waals surface area contributed by atoms with Crippen LogP contribution in [0.4, 0.5) is 5.82 Å². The van der Waals surface area contributed by atoms with Crippen LogP contribution < -0.4 is 5.32 Å². The number of nitrogens with one attached hydrogen (secondary N) is 1. The molecule has 1 N–H and O–H groups in total. The van der Waals surface area contributed by atoms with Crippen molar-refractivity contribution in [3.05, 3.63) is 21.9 Å². The highest BCUT2D eigenvalue weighted by molar-refractivity contribution is 9.10. The Bertz CT molecular complexity index is 552. The van der Waals surface area contributed by atoms with Gasteiger partial charge in [0.2, 0.25) is 0 Å². The summed E-state index contributed by atoms with van der Waals surface area (Å²) in [5.41, 5.74) is 0.718. The van der Waals surface area contributed by atoms with E-state index in [9.17, 15) is 0 Å². The second kappa shape index (κ2) is 4.44. The number of halogens is 2. The van der Waals surface area contributed by atoms with Gasteiger partial charge in [-0.25, -0.2) is 9.50 Å². The van der Waals surface area contributed by atoms with Gasteiger partial charge in [-0.05, 0) is 22.4 Å². The summed E-state index contributed by atoms with van der Waals surface area (Å²) in [6, 6.07) is 2.07. The second-order valence-electron chi connectivity index (χ2n) is 3.90. The molecule has 0 spiro atoms. The molecule has 1 atom stereocenters. The van der Waals surface area contributed by atoms with Crippen LogP contribution in [0.3, 0.4) is 0 Å². The largest absolute Gasteiger partial charge is 0.379 e. The first kappa shape index (κ1) is 11.3. The summed E-state index contributed by atoms with van der Waals surface area (Å²) in [4.78, 5) is 4.17. The Hall–Kier alpha value is -0.850. The smallest absolute Gasteiger partial charge is 0.166 e. The Labute approximate surface area is 111 Å². The first-order chi connectivity index (χ1) is 8.24. The summed E-state index contributed by atoms with van der Waals surface area (Å²) in [6.07, 6.45) is 2.67. The van der Waals surface area contributed by atoms with E-state index in [2.05, 4.69) is 31.3 Å². The van der Waals surface area contributed by atoms with Crippen molar-refractivity contribution in [2.24, 2.45) is 0 Å². The van der Waals surface area contributed by atoms with Gasteiger partial charge in [0.1, 0.15) is 4.60 Å². The molecule has 0 aliphatic carbocycles. The lowest BCUT2D eigenvalue weighted by Gasteiger charge is -2.12. The molecule has 5 nitrogen and oxygen atoms in total. The van der Waals surface area contributed by atoms with Gasteiger partial charge in [-0.15, -0.1) is 5.10 Å². The average Bonchev–Trinajstić information content (AvgIpc) is 2.92. The lowest BCUT2D eigenvalue weighted by Crippen LogP contribution is -2.20. The topological polar surface area (TPSA) is 51.5 Å². The van der Waals surface area contributed by atoms with E-state index < -0.39 is 0 Å². The van der Waals surface area contributed by atoms with E-state index in [1.165, 1.54) is 0 Å². The Balaban J connectivity index is 1.96. The highest BCUT2D eigenvalue weighted by Gasteiger charge is 2.18. The number of nitrogens with zero attached hydrogens (tertiary/aromatic N) is 3. The minimum atomic E-state index is 0.278. The normalized spacial score (nSPS) is 20.0. The third-order valence-electron chi connectivity index (χ3n) is 2.68. The molecule has 1 saturated heterocycles. The van der Waals surface area contributed by atoms with Crippen molar-refractivity contribution >= 4 is 39.0 Å². The molecule has 90 valence electrons. The minimum absolute atomic E-state index is 0.278. The zero-order valence-corrected chi connectivity index (χ0v) is 11.2. The first-order valence-electron chi connectivity index (χ1n) is 5.28. The molecule has 3 rings (SSSR count). The van der Waals surface area contributed by atoms with Crippen molar-refractivity contribution in [3.8, 4) is 0 Å². The molecule has 1 fully saturated rings. The van der Waals surface area contributed by atoms with Crippen LogP contribution >= 0.6 is 27.5 Å². The Morgan fingerprint density at radius 1 is 1.59 bits per heavy atom. The van der Waals surface area contributed by atoms with Gasteiger partial charge in [0.05, 0.1) is 23.9 Å². The van der Waals surface area contributed by atoms with Gasteiger partial charge in [0, 0.05) is 12.7 Å². The Morgan fingerprint density at radius 2 is 2.47 bits per heavy atom. The number of rotatable bonds is 2. The van der Waals surface area contributed by atoms with E-state index >= 15 is 0 Å². The molecule has 7 heteroatoms. The molecule has 2 aromatic heterocycles. The standard InChI is InChI=1S/C10H10BrClN4O/c11-8-4-13-9-3-7(12)10(15-16(8)9)14-6-1-2-17-5-6/h3-4,6H,1-2,5H2,(H,14,15)/t6-/m0/s1. The van der Waals surface area contributed by atoms with Crippen molar-refractivity contribution in [2.45, 2.75) is 12.5 Å². The number of fused-ring (bicyclic) bond motifs is 1. The van der Waals surface area contributed by atoms with Crippen LogP contribution in [0.5, 0.6) is 0 Å². The van der Waals surface area contributed by atoms with Crippen LogP contribution in [0.25, 0.3) is 5.65 Å². The van der Waals surface area contributed by atoms with E-state index in [0.29, 0.717) is 17.4 Å². The minimum Gasteiger partial charge on any atom is -0.379 e. The summed E-state index contributed by atoms with van der Waals surface area (Å²) < 4.78 is 7.80. The van der Waals surface area contributed by atoms with Gasteiger partial charge >= 0.3 is 0 Å². The molecule has 0 unspecified atom stereocenters. The number of ether oxygens (including phenoxy) is 1. The van der Waals surface area contributed by atoms with Crippen molar-refractivity contribution in [1.82, 2.24) is 14.6 Å². The van der Waals surface area contributed by atoms with Crippen molar-refractivity contribution in [1.29, 1.82) is 0 Å². The van der Waals surface area contributed by atoms with Crippen LogP contribution in [0.2, 0.25) is 5.02 Å². The highest BCUT2D eigenvalue weighted by Crippen LogP contribution is 2.24. The first-order valence-corrected chi connectivity index (χ1v) is 6.45. The number of anilines is 1. The summed E-state index contributed by atoms with van der Waals surface area (Å²) in [6.45, 7) is 1.48. The summed E-state index contributed by atoms with van der Waals surface area (Å²) >= 11 is 9.54. The number of imidazole rings is 1. The maximum atomic E-state index is 6.16. The summed E-state index contributed by atoms with van der Waals surface area (Å²) in [7, 11) is 0. The Morgan fingerprint density at radius 3 is 3.24 bits per heavy atom. The molecular formula is C10H10BrClN4O. The number of hydrogen-bond donors (Lipinski definition) is 1. The van der Waals surface area contributed by atoms with Crippen LogP contribution in [-0.2, 0) is 4.74 Å². The predicted molar refractivity (Wildman–Crippen MR) is 68.5 cm³/mol. The summed E-state index contributed by atoms with van der Waals surface area (Å²) in [5, 5.41) is 8.26. The third-order valence-corrected chi connectivity index (χ3v) is 3.50. The van der Waals surface area contributed by atoms with Crippen molar-refractivity contribution < 1.29 is 4.74 Å². The van der Waals surface area contributed by atoms with Crippen molar-refractivity contribution in [3.63, 3.8) is 0 Å². The highest BCUT2D eigenvalue weighted by atomic mass is 79.9. The van der Waals surface area contributed by atoms with E-state index in [-0.39, 0.29) is 6.04 Å². The van der Waals surface area contributed by atoms with Crippen LogP contribution in [0, 0.1) is 0 Å². The molecule has 3 heterocycles. The average molecular weight is 318 g/mol. The van der Waals surface area contributed by atoms with Gasteiger partial charge in [-0.2, -0.15) is 0 Å². The summed E-state index contributed by atoms with van der Waals surface area (Å²) in [5.74, 6) is 0.661. The van der Waals surface area contributed by atoms with E-state index in [1.807, 2.05) is 0 Å². The van der Waals surface area contributed by atoms with Gasteiger partial charge in [-0.3, -0.25) is 0 Å². The predicted octanol–water partition coefficient (Wildman–Crippen LogP) is 2.35. The van der Waals surface area contributed by atoms with Crippen LogP contribution in [-0.4, -0.2) is 33.9 Å². The fourth-order valence-electron chi connectivity index (χ4n) is 1.80. The fraction of sp³-hybridized carbons (Fsp3) is 0.400. The van der Waals surface area contributed by atoms with Crippen molar-refractivity contribution in [2.75, 3.05) is 18.5 Å². The molecular weight excluding hydrogens is 307 g/mol. The maximum absolute atomic E-state index is 6.16. The molecule has 0 aromatic carbocycles. The van der Waals surface area contributed by atoms with Gasteiger partial charge in [0.15, 0.2) is 11.5 Å². The fourth-order valence-corrected chi connectivity index (χ4v) is 2.36. The SMILES string of the molecule is Clc1cc2ncc(Br)n2nc1N[C@H]1CCOC1. The van der Waals surface area contributed by atoms with E-state index in [4.69, 9.17) is 16.3 Å². The zero-order chi connectivity index (χ0) is 11.8. The van der Waals surface area contributed by atoms with Crippen LogP contribution in [0.1, 0.15) is 6.42 Å².